The number of benzene rings is 2. The van der Waals surface area contributed by atoms with Crippen LogP contribution in [0.2, 0.25) is 0 Å². The van der Waals surface area contributed by atoms with Crippen LogP contribution in [0.1, 0.15) is 5.56 Å². The van der Waals surface area contributed by atoms with E-state index in [0.717, 1.165) is 27.7 Å². The van der Waals surface area contributed by atoms with Gasteiger partial charge in [-0.1, -0.05) is 15.9 Å². The van der Waals surface area contributed by atoms with Crippen LogP contribution in [0.15, 0.2) is 40.9 Å². The standard InChI is InChI=1S/C16H18BrN3O3S/c1-19-15-9-14(18-24(3,21)22)16(23-2)8-11(15)10-20(19)13-6-4-12(17)5-7-13/h4-9,18H,10H2,1-3H3. The summed E-state index contributed by atoms with van der Waals surface area (Å²) < 4.78 is 32.0. The number of hydrogen-bond donors (Lipinski definition) is 1. The zero-order valence-corrected chi connectivity index (χ0v) is 16.0. The second-order valence-electron chi connectivity index (χ2n) is 5.61. The monoisotopic (exact) mass is 411 g/mol. The van der Waals surface area contributed by atoms with Crippen molar-refractivity contribution in [3.05, 3.63) is 46.4 Å². The average Bonchev–Trinajstić information content (AvgIpc) is 2.82. The lowest BCUT2D eigenvalue weighted by molar-refractivity contribution is 0.416. The van der Waals surface area contributed by atoms with Crippen molar-refractivity contribution in [2.24, 2.45) is 0 Å². The highest BCUT2D eigenvalue weighted by Crippen LogP contribution is 2.40. The summed E-state index contributed by atoms with van der Waals surface area (Å²) in [6, 6.07) is 11.7. The van der Waals surface area contributed by atoms with Crippen molar-refractivity contribution >= 4 is 43.0 Å². The predicted octanol–water partition coefficient (Wildman–Crippen LogP) is 3.20. The molecule has 6 nitrogen and oxygen atoms in total. The fourth-order valence-electron chi connectivity index (χ4n) is 2.76. The van der Waals surface area contributed by atoms with Gasteiger partial charge >= 0.3 is 0 Å². The van der Waals surface area contributed by atoms with Gasteiger partial charge in [-0.25, -0.2) is 8.42 Å². The van der Waals surface area contributed by atoms with E-state index in [2.05, 4.69) is 25.7 Å². The molecule has 0 aromatic heterocycles. The molecule has 0 aliphatic carbocycles. The van der Waals surface area contributed by atoms with E-state index in [4.69, 9.17) is 4.74 Å². The van der Waals surface area contributed by atoms with Crippen LogP contribution in [0.3, 0.4) is 0 Å². The van der Waals surface area contributed by atoms with Gasteiger partial charge in [-0.15, -0.1) is 0 Å². The number of halogens is 1. The molecule has 2 aromatic carbocycles. The molecule has 1 aliphatic rings. The number of sulfonamides is 1. The Bertz CT molecular complexity index is 869. The van der Waals surface area contributed by atoms with Crippen LogP contribution in [0, 0.1) is 0 Å². The predicted molar refractivity (Wildman–Crippen MR) is 100 cm³/mol. The van der Waals surface area contributed by atoms with Gasteiger partial charge in [-0.2, -0.15) is 0 Å². The second kappa shape index (κ2) is 6.18. The summed E-state index contributed by atoms with van der Waals surface area (Å²) in [6.07, 6.45) is 1.12. The smallest absolute Gasteiger partial charge is 0.229 e. The summed E-state index contributed by atoms with van der Waals surface area (Å²) in [5.41, 5.74) is 3.48. The van der Waals surface area contributed by atoms with Crippen molar-refractivity contribution in [1.29, 1.82) is 0 Å². The van der Waals surface area contributed by atoms with Crippen molar-refractivity contribution < 1.29 is 13.2 Å². The molecule has 0 radical (unpaired) electrons. The molecular weight excluding hydrogens is 394 g/mol. The van der Waals surface area contributed by atoms with Gasteiger partial charge in [0.05, 0.1) is 37.0 Å². The first-order chi connectivity index (χ1) is 11.3. The second-order valence-corrected chi connectivity index (χ2v) is 8.28. The van der Waals surface area contributed by atoms with Crippen LogP contribution in [-0.4, -0.2) is 28.8 Å². The Hall–Kier alpha value is -1.93. The molecule has 0 saturated carbocycles. The van der Waals surface area contributed by atoms with E-state index in [0.29, 0.717) is 18.0 Å². The van der Waals surface area contributed by atoms with E-state index in [9.17, 15) is 8.42 Å². The molecule has 0 atom stereocenters. The van der Waals surface area contributed by atoms with Gasteiger partial charge in [-0.05, 0) is 36.4 Å². The number of hydrogen-bond acceptors (Lipinski definition) is 5. The lowest BCUT2D eigenvalue weighted by atomic mass is 10.1. The lowest BCUT2D eigenvalue weighted by Crippen LogP contribution is -2.33. The molecule has 0 fully saturated rings. The maximum absolute atomic E-state index is 11.6. The van der Waals surface area contributed by atoms with Crippen LogP contribution >= 0.6 is 15.9 Å². The van der Waals surface area contributed by atoms with Crippen molar-refractivity contribution in [2.75, 3.05) is 35.2 Å². The molecule has 0 bridgehead atoms. The molecule has 2 aromatic rings. The summed E-state index contributed by atoms with van der Waals surface area (Å²) in [4.78, 5) is 0. The maximum Gasteiger partial charge on any atom is 0.229 e. The van der Waals surface area contributed by atoms with Gasteiger partial charge in [0.25, 0.3) is 0 Å². The zero-order valence-electron chi connectivity index (χ0n) is 13.6. The van der Waals surface area contributed by atoms with E-state index in [-0.39, 0.29) is 0 Å². The quantitative estimate of drug-likeness (QED) is 0.836. The van der Waals surface area contributed by atoms with Crippen molar-refractivity contribution in [2.45, 2.75) is 6.54 Å². The van der Waals surface area contributed by atoms with Crippen molar-refractivity contribution in [1.82, 2.24) is 0 Å². The van der Waals surface area contributed by atoms with E-state index in [1.165, 1.54) is 7.11 Å². The minimum atomic E-state index is -3.38. The van der Waals surface area contributed by atoms with E-state index in [1.807, 2.05) is 42.4 Å². The Kier molecular flexibility index (Phi) is 4.35. The number of methoxy groups -OCH3 is 1. The Morgan fingerprint density at radius 2 is 1.88 bits per heavy atom. The summed E-state index contributed by atoms with van der Waals surface area (Å²) in [7, 11) is 0.0947. The Morgan fingerprint density at radius 1 is 1.21 bits per heavy atom. The van der Waals surface area contributed by atoms with E-state index < -0.39 is 10.0 Å². The number of anilines is 3. The SMILES string of the molecule is COc1cc2c(cc1NS(C)(=O)=O)N(C)N(c1ccc(Br)cc1)C2. The Morgan fingerprint density at radius 3 is 2.46 bits per heavy atom. The first-order valence-corrected chi connectivity index (χ1v) is 9.92. The average molecular weight is 412 g/mol. The van der Waals surface area contributed by atoms with E-state index >= 15 is 0 Å². The number of nitrogens with zero attached hydrogens (tertiary/aromatic N) is 2. The van der Waals surface area contributed by atoms with Crippen LogP contribution in [0.5, 0.6) is 5.75 Å². The highest BCUT2D eigenvalue weighted by Gasteiger charge is 2.27. The molecule has 0 unspecified atom stereocenters. The number of hydrazine groups is 1. The van der Waals surface area contributed by atoms with Crippen molar-refractivity contribution in [3.8, 4) is 5.75 Å². The molecule has 128 valence electrons. The van der Waals surface area contributed by atoms with Crippen LogP contribution in [0.25, 0.3) is 0 Å². The molecule has 3 rings (SSSR count). The number of rotatable bonds is 4. The summed E-state index contributed by atoms with van der Waals surface area (Å²) in [6.45, 7) is 0.684. The van der Waals surface area contributed by atoms with Crippen LogP contribution in [0.4, 0.5) is 17.1 Å². The maximum atomic E-state index is 11.6. The van der Waals surface area contributed by atoms with Gasteiger partial charge < -0.3 is 4.74 Å². The third-order valence-corrected chi connectivity index (χ3v) is 4.97. The molecular formula is C16H18BrN3O3S. The van der Waals surface area contributed by atoms with Gasteiger partial charge in [0, 0.05) is 17.1 Å². The first-order valence-electron chi connectivity index (χ1n) is 7.24. The topological polar surface area (TPSA) is 61.9 Å². The van der Waals surface area contributed by atoms with Crippen LogP contribution < -0.4 is 19.5 Å². The normalized spacial score (nSPS) is 13.8. The van der Waals surface area contributed by atoms with E-state index in [1.54, 1.807) is 6.07 Å². The van der Waals surface area contributed by atoms with Gasteiger partial charge in [-0.3, -0.25) is 14.7 Å². The van der Waals surface area contributed by atoms with Gasteiger partial charge in [0.2, 0.25) is 10.0 Å². The Balaban J connectivity index is 1.99. The molecule has 1 N–H and O–H groups in total. The molecule has 1 heterocycles. The van der Waals surface area contributed by atoms with Gasteiger partial charge in [0.15, 0.2) is 0 Å². The molecule has 1 aliphatic heterocycles. The summed E-state index contributed by atoms with van der Waals surface area (Å²) in [5.74, 6) is 0.505. The van der Waals surface area contributed by atoms with Crippen molar-refractivity contribution in [3.63, 3.8) is 0 Å². The highest BCUT2D eigenvalue weighted by molar-refractivity contribution is 9.10. The third kappa shape index (κ3) is 3.29. The zero-order chi connectivity index (χ0) is 17.5. The number of ether oxygens (including phenoxy) is 1. The number of nitrogens with one attached hydrogen (secondary N) is 1. The molecule has 24 heavy (non-hydrogen) atoms. The molecule has 8 heteroatoms. The van der Waals surface area contributed by atoms with Crippen LogP contribution in [-0.2, 0) is 16.6 Å². The minimum Gasteiger partial charge on any atom is -0.495 e. The largest absolute Gasteiger partial charge is 0.495 e. The lowest BCUT2D eigenvalue weighted by Gasteiger charge is -2.28. The third-order valence-electron chi connectivity index (χ3n) is 3.85. The molecule has 0 spiro atoms. The fourth-order valence-corrected chi connectivity index (χ4v) is 3.59. The molecule has 0 amide bonds. The minimum absolute atomic E-state index is 0.434. The fraction of sp³-hybridized carbons (Fsp3) is 0.250. The number of fused-ring (bicyclic) bond motifs is 1. The summed E-state index contributed by atoms with van der Waals surface area (Å²) in [5, 5.41) is 4.12. The highest BCUT2D eigenvalue weighted by atomic mass is 79.9. The van der Waals surface area contributed by atoms with Gasteiger partial charge in [0.1, 0.15) is 5.75 Å². The summed E-state index contributed by atoms with van der Waals surface area (Å²) >= 11 is 3.44. The Labute approximate surface area is 150 Å². The molecule has 0 saturated heterocycles. The first kappa shape index (κ1) is 16.9.